The van der Waals surface area contributed by atoms with Gasteiger partial charge in [-0.3, -0.25) is 4.79 Å². The Bertz CT molecular complexity index is 499. The molecule has 0 aromatic heterocycles. The van der Waals surface area contributed by atoms with Gasteiger partial charge in [-0.05, 0) is 0 Å². The topological polar surface area (TPSA) is 99.3 Å². The highest BCUT2D eigenvalue weighted by atomic mass is 32.2. The Labute approximate surface area is 129 Å². The molecule has 0 aromatic carbocycles. The van der Waals surface area contributed by atoms with Gasteiger partial charge in [-0.25, -0.2) is 8.42 Å². The van der Waals surface area contributed by atoms with Crippen LogP contribution in [0.15, 0.2) is 0 Å². The van der Waals surface area contributed by atoms with Crippen LogP contribution in [0, 0.1) is 0 Å². The third-order valence-corrected chi connectivity index (χ3v) is 8.32. The van der Waals surface area contributed by atoms with Gasteiger partial charge in [0.25, 0.3) is 0 Å². The molecular weight excluding hydrogens is 312 g/mol. The second kappa shape index (κ2) is 6.41. The smallest absolute Gasteiger partial charge is 0.234 e. The number of carbonyl (C=O) groups excluding carboxylic acids is 1. The SMILES string of the molecule is O=C1CNCC(C2CNCC(C3CNCCS3(=O)=O)S2)N1. The van der Waals surface area contributed by atoms with Crippen molar-refractivity contribution in [1.82, 2.24) is 21.3 Å². The van der Waals surface area contributed by atoms with E-state index < -0.39 is 9.84 Å². The summed E-state index contributed by atoms with van der Waals surface area (Å²) in [5, 5.41) is 12.6. The second-order valence-corrected chi connectivity index (χ2v) is 9.61. The van der Waals surface area contributed by atoms with E-state index in [9.17, 15) is 13.2 Å². The van der Waals surface area contributed by atoms with Gasteiger partial charge in [0.15, 0.2) is 9.84 Å². The van der Waals surface area contributed by atoms with Crippen molar-refractivity contribution in [3.8, 4) is 0 Å². The van der Waals surface area contributed by atoms with Crippen molar-refractivity contribution < 1.29 is 13.2 Å². The van der Waals surface area contributed by atoms with Crippen LogP contribution in [-0.2, 0) is 14.6 Å². The molecule has 3 saturated heterocycles. The van der Waals surface area contributed by atoms with Crippen LogP contribution in [0.3, 0.4) is 0 Å². The molecule has 3 aliphatic rings. The highest BCUT2D eigenvalue weighted by Gasteiger charge is 2.40. The predicted octanol–water partition coefficient (Wildman–Crippen LogP) is -2.47. The van der Waals surface area contributed by atoms with E-state index >= 15 is 0 Å². The predicted molar refractivity (Wildman–Crippen MR) is 83.3 cm³/mol. The molecule has 4 N–H and O–H groups in total. The Hall–Kier alpha value is -0.350. The first-order valence-electron chi connectivity index (χ1n) is 7.35. The number of sulfone groups is 1. The molecule has 3 rings (SSSR count). The molecule has 3 fully saturated rings. The number of nitrogens with one attached hydrogen (secondary N) is 4. The van der Waals surface area contributed by atoms with Crippen molar-refractivity contribution in [2.75, 3.05) is 45.0 Å². The van der Waals surface area contributed by atoms with Crippen LogP contribution >= 0.6 is 11.8 Å². The highest BCUT2D eigenvalue weighted by molar-refractivity contribution is 8.02. The summed E-state index contributed by atoms with van der Waals surface area (Å²) in [5.41, 5.74) is 0. The van der Waals surface area contributed by atoms with E-state index in [1.807, 2.05) is 0 Å². The molecule has 3 heterocycles. The monoisotopic (exact) mass is 334 g/mol. The molecule has 0 aromatic rings. The standard InChI is InChI=1S/C12H22N4O3S2/c17-12-7-14-3-8(16-12)9-4-15-5-10(20-9)11-6-13-1-2-21(11,18)19/h8-11,13-15H,1-7H2,(H,16,17). The molecule has 4 unspecified atom stereocenters. The molecule has 21 heavy (non-hydrogen) atoms. The quantitative estimate of drug-likeness (QED) is 0.444. The molecule has 1 amide bonds. The molecule has 0 aliphatic carbocycles. The maximum absolute atomic E-state index is 12.3. The average molecular weight is 334 g/mol. The van der Waals surface area contributed by atoms with Gasteiger partial charge in [-0.1, -0.05) is 0 Å². The maximum atomic E-state index is 12.3. The Kier molecular flexibility index (Phi) is 4.75. The van der Waals surface area contributed by atoms with Crippen LogP contribution in [0.2, 0.25) is 0 Å². The van der Waals surface area contributed by atoms with Crippen molar-refractivity contribution in [3.63, 3.8) is 0 Å². The summed E-state index contributed by atoms with van der Waals surface area (Å²) < 4.78 is 24.5. The number of amides is 1. The summed E-state index contributed by atoms with van der Waals surface area (Å²) in [4.78, 5) is 11.5. The first-order chi connectivity index (χ1) is 10.1. The molecule has 0 radical (unpaired) electrons. The van der Waals surface area contributed by atoms with E-state index in [-0.39, 0.29) is 33.5 Å². The lowest BCUT2D eigenvalue weighted by Crippen LogP contribution is -2.61. The molecule has 0 spiro atoms. The molecule has 4 atom stereocenters. The Morgan fingerprint density at radius 2 is 1.81 bits per heavy atom. The summed E-state index contributed by atoms with van der Waals surface area (Å²) in [6, 6.07) is 0.0609. The first-order valence-corrected chi connectivity index (χ1v) is 10.0. The van der Waals surface area contributed by atoms with E-state index in [1.165, 1.54) is 0 Å². The molecule has 0 bridgehead atoms. The van der Waals surface area contributed by atoms with Crippen LogP contribution in [0.5, 0.6) is 0 Å². The molecule has 9 heteroatoms. The highest BCUT2D eigenvalue weighted by Crippen LogP contribution is 2.30. The average Bonchev–Trinajstić information content (AvgIpc) is 2.47. The Morgan fingerprint density at radius 3 is 2.57 bits per heavy atom. The zero-order valence-electron chi connectivity index (χ0n) is 11.8. The van der Waals surface area contributed by atoms with Gasteiger partial charge in [0.2, 0.25) is 5.91 Å². The number of piperazine rings is 1. The number of rotatable bonds is 2. The summed E-state index contributed by atoms with van der Waals surface area (Å²) in [7, 11) is -3.01. The van der Waals surface area contributed by atoms with Gasteiger partial charge < -0.3 is 21.3 Å². The minimum Gasteiger partial charge on any atom is -0.350 e. The largest absolute Gasteiger partial charge is 0.350 e. The van der Waals surface area contributed by atoms with Crippen molar-refractivity contribution in [2.45, 2.75) is 21.8 Å². The normalized spacial score (nSPS) is 40.5. The van der Waals surface area contributed by atoms with Crippen molar-refractivity contribution in [3.05, 3.63) is 0 Å². The van der Waals surface area contributed by atoms with Crippen molar-refractivity contribution >= 4 is 27.5 Å². The fourth-order valence-corrected chi connectivity index (χ4v) is 6.98. The summed E-state index contributed by atoms with van der Waals surface area (Å²) >= 11 is 1.71. The third-order valence-electron chi connectivity index (χ3n) is 4.27. The summed E-state index contributed by atoms with van der Waals surface area (Å²) in [6.07, 6.45) is 0. The zero-order chi connectivity index (χ0) is 14.9. The van der Waals surface area contributed by atoms with E-state index in [0.717, 1.165) is 13.1 Å². The van der Waals surface area contributed by atoms with Crippen LogP contribution < -0.4 is 21.3 Å². The number of hydrogen-bond donors (Lipinski definition) is 4. The Morgan fingerprint density at radius 1 is 1.00 bits per heavy atom. The van der Waals surface area contributed by atoms with E-state index in [4.69, 9.17) is 0 Å². The summed E-state index contributed by atoms with van der Waals surface area (Å²) in [6.45, 7) is 3.70. The van der Waals surface area contributed by atoms with Crippen LogP contribution in [-0.4, -0.2) is 81.1 Å². The fourth-order valence-electron chi connectivity index (χ4n) is 3.12. The van der Waals surface area contributed by atoms with E-state index in [1.54, 1.807) is 11.8 Å². The molecule has 7 nitrogen and oxygen atoms in total. The van der Waals surface area contributed by atoms with Crippen molar-refractivity contribution in [2.24, 2.45) is 0 Å². The van der Waals surface area contributed by atoms with Crippen molar-refractivity contribution in [1.29, 1.82) is 0 Å². The van der Waals surface area contributed by atoms with E-state index in [0.29, 0.717) is 26.2 Å². The third kappa shape index (κ3) is 3.53. The fraction of sp³-hybridized carbons (Fsp3) is 0.917. The molecule has 120 valence electrons. The van der Waals surface area contributed by atoms with Gasteiger partial charge in [-0.2, -0.15) is 0 Å². The second-order valence-electron chi connectivity index (χ2n) is 5.79. The van der Waals surface area contributed by atoms with Crippen LogP contribution in [0.1, 0.15) is 0 Å². The number of hydrogen-bond acceptors (Lipinski definition) is 7. The Balaban J connectivity index is 1.66. The van der Waals surface area contributed by atoms with Gasteiger partial charge >= 0.3 is 0 Å². The van der Waals surface area contributed by atoms with E-state index in [2.05, 4.69) is 21.3 Å². The lowest BCUT2D eigenvalue weighted by atomic mass is 10.1. The van der Waals surface area contributed by atoms with Crippen LogP contribution in [0.25, 0.3) is 0 Å². The lowest BCUT2D eigenvalue weighted by molar-refractivity contribution is -0.122. The van der Waals surface area contributed by atoms with Gasteiger partial charge in [-0.15, -0.1) is 11.8 Å². The maximum Gasteiger partial charge on any atom is 0.234 e. The minimum absolute atomic E-state index is 0.0147. The number of thioether (sulfide) groups is 1. The van der Waals surface area contributed by atoms with Gasteiger partial charge in [0.05, 0.1) is 23.6 Å². The first kappa shape index (κ1) is 15.5. The molecule has 0 saturated carbocycles. The zero-order valence-corrected chi connectivity index (χ0v) is 13.4. The summed E-state index contributed by atoms with van der Waals surface area (Å²) in [5.74, 6) is 0.238. The van der Waals surface area contributed by atoms with Crippen LogP contribution in [0.4, 0.5) is 0 Å². The van der Waals surface area contributed by atoms with Gasteiger partial charge in [0, 0.05) is 43.2 Å². The molecular formula is C12H22N4O3S2. The lowest BCUT2D eigenvalue weighted by Gasteiger charge is -2.40. The number of carbonyl (C=O) groups is 1. The molecule has 3 aliphatic heterocycles. The minimum atomic E-state index is -3.01. The van der Waals surface area contributed by atoms with Gasteiger partial charge in [0.1, 0.15) is 0 Å².